The second kappa shape index (κ2) is 6.24. The molecule has 3 rings (SSSR count). The van der Waals surface area contributed by atoms with Crippen molar-refractivity contribution < 1.29 is 9.59 Å². The first-order chi connectivity index (χ1) is 11.1. The summed E-state index contributed by atoms with van der Waals surface area (Å²) in [5.41, 5.74) is 2.17. The molecule has 0 saturated carbocycles. The number of benzene rings is 1. The number of piperazine rings is 1. The normalized spacial score (nSPS) is 17.9. The Hall–Kier alpha value is -2.63. The van der Waals surface area contributed by atoms with Gasteiger partial charge >= 0.3 is 0 Å². The number of hydrogen-bond acceptors (Lipinski definition) is 3. The average Bonchev–Trinajstić information content (AvgIpc) is 2.96. The lowest BCUT2D eigenvalue weighted by Crippen LogP contribution is -2.57. The highest BCUT2D eigenvalue weighted by Crippen LogP contribution is 2.16. The molecular formula is C17H20N4O2. The summed E-state index contributed by atoms with van der Waals surface area (Å²) in [5, 5.41) is 7.25. The molecule has 0 spiro atoms. The van der Waals surface area contributed by atoms with Gasteiger partial charge in [-0.2, -0.15) is 5.10 Å². The third kappa shape index (κ3) is 2.84. The number of rotatable bonds is 3. The van der Waals surface area contributed by atoms with E-state index in [1.165, 1.54) is 0 Å². The Morgan fingerprint density at radius 2 is 2.09 bits per heavy atom. The molecule has 1 atom stereocenters. The van der Waals surface area contributed by atoms with Crippen LogP contribution < -0.4 is 5.32 Å². The van der Waals surface area contributed by atoms with E-state index in [0.717, 1.165) is 11.4 Å². The minimum Gasteiger partial charge on any atom is -0.353 e. The zero-order valence-corrected chi connectivity index (χ0v) is 13.3. The lowest BCUT2D eigenvalue weighted by molar-refractivity contribution is -0.127. The van der Waals surface area contributed by atoms with Crippen molar-refractivity contribution in [2.24, 2.45) is 0 Å². The van der Waals surface area contributed by atoms with Crippen LogP contribution in [0.2, 0.25) is 0 Å². The molecule has 120 valence electrons. The van der Waals surface area contributed by atoms with E-state index >= 15 is 0 Å². The summed E-state index contributed by atoms with van der Waals surface area (Å²) in [4.78, 5) is 26.3. The van der Waals surface area contributed by atoms with Crippen molar-refractivity contribution in [3.63, 3.8) is 0 Å². The Bertz CT molecular complexity index is 723. The predicted molar refractivity (Wildman–Crippen MR) is 86.4 cm³/mol. The van der Waals surface area contributed by atoms with E-state index in [0.29, 0.717) is 25.2 Å². The third-order valence-electron chi connectivity index (χ3n) is 4.09. The molecule has 2 heterocycles. The van der Waals surface area contributed by atoms with Crippen LogP contribution in [0.4, 0.5) is 0 Å². The summed E-state index contributed by atoms with van der Waals surface area (Å²) in [6, 6.07) is 11.0. The standard InChI is InChI=1S/C17H20N4O2/c1-3-15-16(22)18-9-10-20(15)17(23)14-11-12(2)21(19-14)13-7-5-4-6-8-13/h4-8,11,15H,3,9-10H2,1-2H3,(H,18,22). The Morgan fingerprint density at radius 3 is 2.78 bits per heavy atom. The van der Waals surface area contributed by atoms with E-state index in [-0.39, 0.29) is 11.8 Å². The van der Waals surface area contributed by atoms with Crippen molar-refractivity contribution in [3.05, 3.63) is 47.8 Å². The van der Waals surface area contributed by atoms with E-state index < -0.39 is 6.04 Å². The number of carbonyl (C=O) groups excluding carboxylic acids is 2. The van der Waals surface area contributed by atoms with Gasteiger partial charge in [-0.25, -0.2) is 4.68 Å². The number of aromatic nitrogens is 2. The Balaban J connectivity index is 1.90. The Kier molecular flexibility index (Phi) is 4.14. The van der Waals surface area contributed by atoms with Gasteiger partial charge < -0.3 is 10.2 Å². The number of carbonyl (C=O) groups is 2. The molecule has 2 amide bonds. The van der Waals surface area contributed by atoms with Gasteiger partial charge in [-0.15, -0.1) is 0 Å². The molecule has 1 unspecified atom stereocenters. The number of hydrogen-bond donors (Lipinski definition) is 1. The zero-order chi connectivity index (χ0) is 16.4. The molecule has 1 aromatic heterocycles. The molecule has 1 aromatic carbocycles. The molecule has 1 aliphatic rings. The van der Waals surface area contributed by atoms with Crippen LogP contribution in [0.25, 0.3) is 5.69 Å². The van der Waals surface area contributed by atoms with Crippen LogP contribution in [-0.2, 0) is 4.79 Å². The molecule has 0 radical (unpaired) electrons. The van der Waals surface area contributed by atoms with Gasteiger partial charge in [0.1, 0.15) is 6.04 Å². The fraction of sp³-hybridized carbons (Fsp3) is 0.353. The summed E-state index contributed by atoms with van der Waals surface area (Å²) in [7, 11) is 0. The zero-order valence-electron chi connectivity index (χ0n) is 13.3. The molecule has 0 aliphatic carbocycles. The van der Waals surface area contributed by atoms with Gasteiger partial charge in [0.2, 0.25) is 5.91 Å². The molecule has 1 saturated heterocycles. The highest BCUT2D eigenvalue weighted by atomic mass is 16.2. The monoisotopic (exact) mass is 312 g/mol. The summed E-state index contributed by atoms with van der Waals surface area (Å²) in [6.45, 7) is 4.82. The van der Waals surface area contributed by atoms with E-state index in [1.54, 1.807) is 15.6 Å². The van der Waals surface area contributed by atoms with E-state index in [1.807, 2.05) is 44.2 Å². The van der Waals surface area contributed by atoms with Crippen molar-refractivity contribution in [1.82, 2.24) is 20.0 Å². The second-order valence-corrected chi connectivity index (χ2v) is 5.63. The number of aryl methyl sites for hydroxylation is 1. The first kappa shape index (κ1) is 15.3. The van der Waals surface area contributed by atoms with Crippen LogP contribution >= 0.6 is 0 Å². The van der Waals surface area contributed by atoms with Crippen LogP contribution in [0.15, 0.2) is 36.4 Å². The molecule has 6 nitrogen and oxygen atoms in total. The van der Waals surface area contributed by atoms with Gasteiger partial charge in [0.15, 0.2) is 5.69 Å². The van der Waals surface area contributed by atoms with Crippen molar-refractivity contribution in [2.45, 2.75) is 26.3 Å². The van der Waals surface area contributed by atoms with Crippen molar-refractivity contribution in [1.29, 1.82) is 0 Å². The summed E-state index contributed by atoms with van der Waals surface area (Å²) >= 11 is 0. The SMILES string of the molecule is CCC1C(=O)NCCN1C(=O)c1cc(C)n(-c2ccccc2)n1. The van der Waals surface area contributed by atoms with Gasteiger partial charge in [-0.1, -0.05) is 25.1 Å². The predicted octanol–water partition coefficient (Wildman–Crippen LogP) is 1.53. The number of nitrogens with one attached hydrogen (secondary N) is 1. The van der Waals surface area contributed by atoms with Gasteiger partial charge in [0, 0.05) is 18.8 Å². The van der Waals surface area contributed by atoms with Crippen LogP contribution in [0.3, 0.4) is 0 Å². The highest BCUT2D eigenvalue weighted by Gasteiger charge is 2.33. The summed E-state index contributed by atoms with van der Waals surface area (Å²) in [5.74, 6) is -0.282. The summed E-state index contributed by atoms with van der Waals surface area (Å²) < 4.78 is 1.75. The van der Waals surface area contributed by atoms with Crippen LogP contribution in [0, 0.1) is 6.92 Å². The second-order valence-electron chi connectivity index (χ2n) is 5.63. The molecule has 1 N–H and O–H groups in total. The van der Waals surface area contributed by atoms with Gasteiger partial charge in [0.25, 0.3) is 5.91 Å². The molecule has 1 aliphatic heterocycles. The molecule has 0 bridgehead atoms. The van der Waals surface area contributed by atoms with Crippen molar-refractivity contribution >= 4 is 11.8 Å². The largest absolute Gasteiger partial charge is 0.353 e. The van der Waals surface area contributed by atoms with Gasteiger partial charge in [0.05, 0.1) is 5.69 Å². The molecule has 23 heavy (non-hydrogen) atoms. The Labute approximate surface area is 135 Å². The molecular weight excluding hydrogens is 292 g/mol. The van der Waals surface area contributed by atoms with Crippen molar-refractivity contribution in [3.8, 4) is 5.69 Å². The van der Waals surface area contributed by atoms with Gasteiger partial charge in [-0.3, -0.25) is 9.59 Å². The fourth-order valence-electron chi connectivity index (χ4n) is 2.92. The fourth-order valence-corrected chi connectivity index (χ4v) is 2.92. The molecule has 1 fully saturated rings. The number of para-hydroxylation sites is 1. The topological polar surface area (TPSA) is 67.2 Å². The maximum Gasteiger partial charge on any atom is 0.275 e. The lowest BCUT2D eigenvalue weighted by atomic mass is 10.1. The lowest BCUT2D eigenvalue weighted by Gasteiger charge is -2.33. The minimum absolute atomic E-state index is 0.0914. The smallest absolute Gasteiger partial charge is 0.275 e. The van der Waals surface area contributed by atoms with Gasteiger partial charge in [-0.05, 0) is 31.5 Å². The Morgan fingerprint density at radius 1 is 1.35 bits per heavy atom. The number of amides is 2. The maximum atomic E-state index is 12.8. The number of nitrogens with zero attached hydrogens (tertiary/aromatic N) is 3. The minimum atomic E-state index is -0.418. The van der Waals surface area contributed by atoms with E-state index in [9.17, 15) is 9.59 Å². The first-order valence-electron chi connectivity index (χ1n) is 7.82. The van der Waals surface area contributed by atoms with Crippen LogP contribution in [0.5, 0.6) is 0 Å². The molecule has 6 heteroatoms. The third-order valence-corrected chi connectivity index (χ3v) is 4.09. The quantitative estimate of drug-likeness (QED) is 0.934. The van der Waals surface area contributed by atoms with E-state index in [4.69, 9.17) is 0 Å². The molecule has 2 aromatic rings. The highest BCUT2D eigenvalue weighted by molar-refractivity contribution is 5.97. The van der Waals surface area contributed by atoms with E-state index in [2.05, 4.69) is 10.4 Å². The first-order valence-corrected chi connectivity index (χ1v) is 7.82. The maximum absolute atomic E-state index is 12.8. The van der Waals surface area contributed by atoms with Crippen molar-refractivity contribution in [2.75, 3.05) is 13.1 Å². The average molecular weight is 312 g/mol. The van der Waals surface area contributed by atoms with Crippen LogP contribution in [0.1, 0.15) is 29.5 Å². The summed E-state index contributed by atoms with van der Waals surface area (Å²) in [6.07, 6.45) is 0.593. The van der Waals surface area contributed by atoms with Crippen LogP contribution in [-0.4, -0.2) is 45.6 Å².